The number of carboxylic acids is 1. The van der Waals surface area contributed by atoms with E-state index in [1.165, 1.54) is 24.4 Å². The van der Waals surface area contributed by atoms with Crippen LogP contribution in [0.2, 0.25) is 0 Å². The molecule has 0 amide bonds. The average molecular weight is 473 g/mol. The maximum absolute atomic E-state index is 13.6. The fourth-order valence-corrected chi connectivity index (χ4v) is 6.19. The first-order chi connectivity index (χ1) is 15.3. The van der Waals surface area contributed by atoms with Crippen LogP contribution >= 0.6 is 11.3 Å². The second kappa shape index (κ2) is 8.64. The van der Waals surface area contributed by atoms with Crippen LogP contribution in [0.4, 0.5) is 0 Å². The largest absolute Gasteiger partial charge is 0.493 e. The Hall–Kier alpha value is -3.37. The van der Waals surface area contributed by atoms with Gasteiger partial charge in [-0.15, -0.1) is 11.3 Å². The van der Waals surface area contributed by atoms with Crippen molar-refractivity contribution in [2.75, 3.05) is 14.2 Å². The molecule has 1 N–H and O–H groups in total. The van der Waals surface area contributed by atoms with Gasteiger partial charge in [-0.05, 0) is 42.3 Å². The van der Waals surface area contributed by atoms with Crippen molar-refractivity contribution in [1.82, 2.24) is 8.96 Å². The molecule has 3 heterocycles. The van der Waals surface area contributed by atoms with Gasteiger partial charge in [0.15, 0.2) is 11.5 Å². The van der Waals surface area contributed by atoms with Gasteiger partial charge in [-0.1, -0.05) is 6.07 Å². The summed E-state index contributed by atoms with van der Waals surface area (Å²) >= 11 is 1.12. The molecule has 0 spiro atoms. The highest BCUT2D eigenvalue weighted by Gasteiger charge is 2.25. The molecule has 0 aliphatic heterocycles. The summed E-state index contributed by atoms with van der Waals surface area (Å²) in [6, 6.07) is 12.0. The van der Waals surface area contributed by atoms with Crippen molar-refractivity contribution in [3.63, 3.8) is 0 Å². The van der Waals surface area contributed by atoms with Gasteiger partial charge in [-0.3, -0.25) is 9.78 Å². The molecule has 0 bridgehead atoms. The van der Waals surface area contributed by atoms with Crippen LogP contribution in [-0.4, -0.2) is 42.7 Å². The van der Waals surface area contributed by atoms with Gasteiger partial charge >= 0.3 is 5.97 Å². The molecule has 0 saturated heterocycles. The number of thiophene rings is 1. The van der Waals surface area contributed by atoms with Gasteiger partial charge in [-0.25, -0.2) is 3.97 Å². The fraction of sp³-hybridized carbons (Fsp3) is 0.182. The topological polar surface area (TPSA) is 108 Å². The van der Waals surface area contributed by atoms with Gasteiger partial charge in [0.1, 0.15) is 4.21 Å². The molecule has 0 fully saturated rings. The Bertz CT molecular complexity index is 1390. The van der Waals surface area contributed by atoms with Crippen LogP contribution in [0.1, 0.15) is 12.0 Å². The molecule has 4 rings (SSSR count). The fourth-order valence-electron chi connectivity index (χ4n) is 3.43. The molecule has 3 aromatic heterocycles. The standard InChI is InChI=1S/C22H20N2O6S2/c1-29-18-11-15-14(6-8-21(25)26)13-24(17(15)12-19(18)30-2)32(27,28)22-9-7-20(31-22)16-5-3-4-10-23-16/h3-5,7,9-13H,6,8H2,1-2H3,(H,25,26). The number of nitrogens with zero attached hydrogens (tertiary/aromatic N) is 2. The van der Waals surface area contributed by atoms with Crippen LogP contribution in [-0.2, 0) is 21.2 Å². The van der Waals surface area contributed by atoms with Crippen molar-refractivity contribution in [3.8, 4) is 22.1 Å². The first-order valence-electron chi connectivity index (χ1n) is 9.59. The SMILES string of the molecule is COc1cc2c(CCC(=O)O)cn(S(=O)(=O)c3ccc(-c4ccccn4)s3)c2cc1OC. The van der Waals surface area contributed by atoms with Crippen molar-refractivity contribution in [2.45, 2.75) is 17.1 Å². The van der Waals surface area contributed by atoms with E-state index in [1.807, 2.05) is 12.1 Å². The van der Waals surface area contributed by atoms with E-state index < -0.39 is 16.0 Å². The molecule has 0 aliphatic carbocycles. The number of ether oxygens (including phenoxy) is 2. The summed E-state index contributed by atoms with van der Waals surface area (Å²) in [6.45, 7) is 0. The number of pyridine rings is 1. The lowest BCUT2D eigenvalue weighted by molar-refractivity contribution is -0.136. The Morgan fingerprint density at radius 1 is 1.12 bits per heavy atom. The maximum Gasteiger partial charge on any atom is 0.303 e. The van der Waals surface area contributed by atoms with E-state index >= 15 is 0 Å². The van der Waals surface area contributed by atoms with Crippen LogP contribution in [0.3, 0.4) is 0 Å². The molecule has 0 unspecified atom stereocenters. The third-order valence-electron chi connectivity index (χ3n) is 4.98. The molecule has 0 radical (unpaired) electrons. The highest BCUT2D eigenvalue weighted by molar-refractivity contribution is 7.92. The monoisotopic (exact) mass is 472 g/mol. The van der Waals surface area contributed by atoms with E-state index in [0.29, 0.717) is 33.7 Å². The molecular formula is C22H20N2O6S2. The van der Waals surface area contributed by atoms with E-state index in [1.54, 1.807) is 36.5 Å². The van der Waals surface area contributed by atoms with Crippen LogP contribution < -0.4 is 9.47 Å². The zero-order valence-corrected chi connectivity index (χ0v) is 18.9. The molecular weight excluding hydrogens is 452 g/mol. The first kappa shape index (κ1) is 21.8. The van der Waals surface area contributed by atoms with Crippen LogP contribution in [0.25, 0.3) is 21.5 Å². The molecule has 8 nitrogen and oxygen atoms in total. The average Bonchev–Trinajstić information content (AvgIpc) is 3.43. The van der Waals surface area contributed by atoms with Crippen molar-refractivity contribution in [2.24, 2.45) is 0 Å². The Kier molecular flexibility index (Phi) is 5.90. The van der Waals surface area contributed by atoms with E-state index in [2.05, 4.69) is 4.98 Å². The summed E-state index contributed by atoms with van der Waals surface area (Å²) in [7, 11) is -0.999. The summed E-state index contributed by atoms with van der Waals surface area (Å²) in [5.74, 6) is -0.160. The smallest absolute Gasteiger partial charge is 0.303 e. The number of hydrogen-bond acceptors (Lipinski definition) is 7. The van der Waals surface area contributed by atoms with Crippen molar-refractivity contribution >= 4 is 38.2 Å². The molecule has 0 saturated carbocycles. The summed E-state index contributed by atoms with van der Waals surface area (Å²) in [4.78, 5) is 16.1. The van der Waals surface area contributed by atoms with Crippen LogP contribution in [0.5, 0.6) is 11.5 Å². The molecule has 0 atom stereocenters. The molecule has 4 aromatic rings. The van der Waals surface area contributed by atoms with E-state index in [9.17, 15) is 13.2 Å². The number of rotatable bonds is 8. The van der Waals surface area contributed by atoms with Gasteiger partial charge in [-0.2, -0.15) is 8.42 Å². The Morgan fingerprint density at radius 3 is 2.53 bits per heavy atom. The minimum Gasteiger partial charge on any atom is -0.493 e. The van der Waals surface area contributed by atoms with Gasteiger partial charge in [0.25, 0.3) is 10.0 Å². The zero-order chi connectivity index (χ0) is 22.9. The number of aliphatic carboxylic acids is 1. The van der Waals surface area contributed by atoms with E-state index in [4.69, 9.17) is 14.6 Å². The summed E-state index contributed by atoms with van der Waals surface area (Å²) < 4.78 is 39.2. The molecule has 32 heavy (non-hydrogen) atoms. The number of carbonyl (C=O) groups is 1. The third-order valence-corrected chi connectivity index (χ3v) is 8.23. The first-order valence-corrected chi connectivity index (χ1v) is 11.9. The molecule has 166 valence electrons. The van der Waals surface area contributed by atoms with Crippen molar-refractivity contribution in [3.05, 3.63) is 60.4 Å². The quantitative estimate of drug-likeness (QED) is 0.412. The number of methoxy groups -OCH3 is 2. The lowest BCUT2D eigenvalue weighted by atomic mass is 10.1. The lowest BCUT2D eigenvalue weighted by Gasteiger charge is -2.10. The number of aryl methyl sites for hydroxylation is 1. The normalized spacial score (nSPS) is 11.6. The van der Waals surface area contributed by atoms with Crippen molar-refractivity contribution < 1.29 is 27.8 Å². The van der Waals surface area contributed by atoms with E-state index in [-0.39, 0.29) is 17.1 Å². The van der Waals surface area contributed by atoms with Crippen molar-refractivity contribution in [1.29, 1.82) is 0 Å². The van der Waals surface area contributed by atoms with E-state index in [0.717, 1.165) is 16.2 Å². The lowest BCUT2D eigenvalue weighted by Crippen LogP contribution is -2.10. The zero-order valence-electron chi connectivity index (χ0n) is 17.3. The number of fused-ring (bicyclic) bond motifs is 1. The summed E-state index contributed by atoms with van der Waals surface area (Å²) in [6.07, 6.45) is 3.17. The molecule has 1 aromatic carbocycles. The number of benzene rings is 1. The minimum atomic E-state index is -3.95. The predicted octanol–water partition coefficient (Wildman–Crippen LogP) is 4.04. The predicted molar refractivity (Wildman–Crippen MR) is 121 cm³/mol. The number of carboxylic acid groups (broad SMARTS) is 1. The summed E-state index contributed by atoms with van der Waals surface area (Å²) in [5, 5.41) is 9.70. The second-order valence-corrected chi connectivity index (χ2v) is 10.0. The maximum atomic E-state index is 13.6. The Labute approximate surface area is 188 Å². The Balaban J connectivity index is 1.87. The summed E-state index contributed by atoms with van der Waals surface area (Å²) in [5.41, 5.74) is 1.66. The highest BCUT2D eigenvalue weighted by Crippen LogP contribution is 2.38. The second-order valence-electron chi connectivity index (χ2n) is 6.91. The van der Waals surface area contributed by atoms with Crippen LogP contribution in [0.15, 0.2) is 59.1 Å². The van der Waals surface area contributed by atoms with Gasteiger partial charge in [0.2, 0.25) is 0 Å². The third kappa shape index (κ3) is 3.94. The number of aromatic nitrogens is 2. The van der Waals surface area contributed by atoms with Gasteiger partial charge in [0, 0.05) is 30.3 Å². The highest BCUT2D eigenvalue weighted by atomic mass is 32.2. The van der Waals surface area contributed by atoms with Gasteiger partial charge < -0.3 is 14.6 Å². The van der Waals surface area contributed by atoms with Gasteiger partial charge in [0.05, 0.1) is 30.3 Å². The Morgan fingerprint density at radius 2 is 1.88 bits per heavy atom. The molecule has 0 aliphatic rings. The minimum absolute atomic E-state index is 0.129. The number of hydrogen-bond donors (Lipinski definition) is 1. The van der Waals surface area contributed by atoms with Crippen LogP contribution in [0, 0.1) is 0 Å². The molecule has 10 heteroatoms.